The summed E-state index contributed by atoms with van der Waals surface area (Å²) < 4.78 is 36.0. The van der Waals surface area contributed by atoms with E-state index in [1.807, 2.05) is 0 Å². The third-order valence-electron chi connectivity index (χ3n) is 1.98. The lowest BCUT2D eigenvalue weighted by atomic mass is 10.1. The topological polar surface area (TPSA) is 86.6 Å². The Bertz CT molecular complexity index is 472. The van der Waals surface area contributed by atoms with Crippen LogP contribution in [0, 0.1) is 0 Å². The molecule has 98 valence electrons. The van der Waals surface area contributed by atoms with Gasteiger partial charge in [0, 0.05) is 0 Å². The molecule has 5 nitrogen and oxygen atoms in total. The molecule has 0 aliphatic rings. The monoisotopic (exact) mass is 263 g/mol. The van der Waals surface area contributed by atoms with Crippen molar-refractivity contribution >= 4 is 11.9 Å². The maximum absolute atomic E-state index is 12.0. The zero-order valence-electron chi connectivity index (χ0n) is 8.73. The number of aliphatic carboxylic acids is 1. The number of carboxylic acid groups (broad SMARTS) is 1. The molecule has 0 bridgehead atoms. The van der Waals surface area contributed by atoms with E-state index in [9.17, 15) is 22.8 Å². The highest BCUT2D eigenvalue weighted by Crippen LogP contribution is 2.21. The van der Waals surface area contributed by atoms with Crippen LogP contribution in [0.4, 0.5) is 13.2 Å². The van der Waals surface area contributed by atoms with E-state index in [2.05, 4.69) is 0 Å². The summed E-state index contributed by atoms with van der Waals surface area (Å²) in [6.07, 6.45) is -5.18. The molecule has 18 heavy (non-hydrogen) atoms. The summed E-state index contributed by atoms with van der Waals surface area (Å²) in [5, 5.41) is 19.2. The molecule has 0 aliphatic carbocycles. The van der Waals surface area contributed by atoms with E-state index >= 15 is 0 Å². The van der Waals surface area contributed by atoms with E-state index in [0.29, 0.717) is 0 Å². The van der Waals surface area contributed by atoms with Crippen LogP contribution in [0.2, 0.25) is 0 Å². The summed E-state index contributed by atoms with van der Waals surface area (Å²) in [7, 11) is 0. The number of carboxylic acids is 1. The van der Waals surface area contributed by atoms with Gasteiger partial charge in [0.05, 0.1) is 0 Å². The molecule has 1 rings (SSSR count). The Morgan fingerprint density at radius 1 is 1.28 bits per heavy atom. The fraction of sp³-hybridized carbons (Fsp3) is 0.200. The number of rotatable bonds is 3. The van der Waals surface area contributed by atoms with Crippen LogP contribution < -0.4 is 5.32 Å². The van der Waals surface area contributed by atoms with Crippen molar-refractivity contribution in [3.05, 3.63) is 29.8 Å². The van der Waals surface area contributed by atoms with Crippen molar-refractivity contribution in [2.45, 2.75) is 12.2 Å². The van der Waals surface area contributed by atoms with Gasteiger partial charge in [0.1, 0.15) is 5.75 Å². The molecule has 0 saturated heterocycles. The quantitative estimate of drug-likeness (QED) is 0.764. The molecule has 0 saturated carbocycles. The average Bonchev–Trinajstić information content (AvgIpc) is 2.23. The highest BCUT2D eigenvalue weighted by atomic mass is 19.4. The molecule has 8 heteroatoms. The first-order chi connectivity index (χ1) is 8.21. The van der Waals surface area contributed by atoms with Crippen LogP contribution in [-0.2, 0) is 9.59 Å². The number of carbonyl (C=O) groups is 2. The van der Waals surface area contributed by atoms with Crippen molar-refractivity contribution < 1.29 is 33.0 Å². The molecule has 1 aromatic carbocycles. The highest BCUT2D eigenvalue weighted by molar-refractivity contribution is 5.87. The number of nitrogens with one attached hydrogen (secondary N) is 1. The van der Waals surface area contributed by atoms with Gasteiger partial charge < -0.3 is 15.5 Å². The maximum Gasteiger partial charge on any atom is 0.471 e. The molecule has 0 radical (unpaired) electrons. The summed E-state index contributed by atoms with van der Waals surface area (Å²) in [5.41, 5.74) is -0.167. The smallest absolute Gasteiger partial charge is 0.471 e. The van der Waals surface area contributed by atoms with Gasteiger partial charge in [0.25, 0.3) is 0 Å². The van der Waals surface area contributed by atoms with Crippen LogP contribution >= 0.6 is 0 Å². The van der Waals surface area contributed by atoms with Crippen molar-refractivity contribution in [3.8, 4) is 5.75 Å². The van der Waals surface area contributed by atoms with E-state index in [1.165, 1.54) is 23.5 Å². The van der Waals surface area contributed by atoms with Crippen LogP contribution in [0.5, 0.6) is 5.75 Å². The Hall–Kier alpha value is -2.25. The molecule has 0 unspecified atom stereocenters. The minimum Gasteiger partial charge on any atom is -0.508 e. The van der Waals surface area contributed by atoms with Crippen LogP contribution in [0.3, 0.4) is 0 Å². The largest absolute Gasteiger partial charge is 0.508 e. The third kappa shape index (κ3) is 3.37. The van der Waals surface area contributed by atoms with Gasteiger partial charge in [-0.2, -0.15) is 13.2 Å². The Balaban J connectivity index is 2.98. The molecule has 0 fully saturated rings. The van der Waals surface area contributed by atoms with Crippen molar-refractivity contribution in [1.82, 2.24) is 5.32 Å². The normalized spacial score (nSPS) is 12.8. The number of halogens is 3. The SMILES string of the molecule is O=C(O)[C@H](NC(=O)C(F)(F)F)c1cccc(O)c1. The highest BCUT2D eigenvalue weighted by Gasteiger charge is 2.41. The Morgan fingerprint density at radius 2 is 1.89 bits per heavy atom. The van der Waals surface area contributed by atoms with Gasteiger partial charge in [-0.25, -0.2) is 4.79 Å². The summed E-state index contributed by atoms with van der Waals surface area (Å²) in [6, 6.07) is 2.71. The van der Waals surface area contributed by atoms with Crippen molar-refractivity contribution in [2.24, 2.45) is 0 Å². The Kier molecular flexibility index (Phi) is 3.79. The molecular formula is C10H8F3NO4. The molecule has 1 aromatic rings. The minimum atomic E-state index is -5.18. The number of carbonyl (C=O) groups excluding carboxylic acids is 1. The lowest BCUT2D eigenvalue weighted by molar-refractivity contribution is -0.175. The third-order valence-corrected chi connectivity index (χ3v) is 1.98. The maximum atomic E-state index is 12.0. The zero-order chi connectivity index (χ0) is 13.9. The number of hydrogen-bond donors (Lipinski definition) is 3. The van der Waals surface area contributed by atoms with Gasteiger partial charge >= 0.3 is 18.1 Å². The minimum absolute atomic E-state index is 0.167. The zero-order valence-corrected chi connectivity index (χ0v) is 8.73. The lowest BCUT2D eigenvalue weighted by Gasteiger charge is -2.16. The van der Waals surface area contributed by atoms with Gasteiger partial charge in [-0.1, -0.05) is 12.1 Å². The van der Waals surface area contributed by atoms with E-state index in [1.54, 1.807) is 0 Å². The standard InChI is InChI=1S/C10H8F3NO4/c11-10(12,13)9(18)14-7(8(16)17)5-2-1-3-6(15)4-5/h1-4,7,15H,(H,14,18)(H,16,17)/t7-/m1/s1. The molecule has 0 heterocycles. The van der Waals surface area contributed by atoms with Crippen molar-refractivity contribution in [3.63, 3.8) is 0 Å². The van der Waals surface area contributed by atoms with Crippen LogP contribution in [0.1, 0.15) is 11.6 Å². The number of alkyl halides is 3. The Labute approximate surface area is 98.8 Å². The first-order valence-electron chi connectivity index (χ1n) is 4.61. The number of benzene rings is 1. The summed E-state index contributed by atoms with van der Waals surface area (Å²) in [4.78, 5) is 21.5. The summed E-state index contributed by atoms with van der Waals surface area (Å²) in [5.74, 6) is -4.35. The predicted octanol–water partition coefficient (Wildman–Crippen LogP) is 1.20. The summed E-state index contributed by atoms with van der Waals surface area (Å²) >= 11 is 0. The Morgan fingerprint density at radius 3 is 2.33 bits per heavy atom. The van der Waals surface area contributed by atoms with E-state index in [0.717, 1.165) is 6.07 Å². The average molecular weight is 263 g/mol. The number of phenols is 1. The second kappa shape index (κ2) is 4.94. The number of hydrogen-bond acceptors (Lipinski definition) is 3. The molecular weight excluding hydrogens is 255 g/mol. The fourth-order valence-electron chi connectivity index (χ4n) is 1.20. The second-order valence-corrected chi connectivity index (χ2v) is 3.34. The number of phenolic OH excluding ortho intramolecular Hbond substituents is 1. The van der Waals surface area contributed by atoms with Gasteiger partial charge in [-0.3, -0.25) is 4.79 Å². The van der Waals surface area contributed by atoms with Gasteiger partial charge in [-0.05, 0) is 17.7 Å². The van der Waals surface area contributed by atoms with Gasteiger partial charge in [0.2, 0.25) is 0 Å². The van der Waals surface area contributed by atoms with Crippen molar-refractivity contribution in [1.29, 1.82) is 0 Å². The van der Waals surface area contributed by atoms with Crippen LogP contribution in [0.25, 0.3) is 0 Å². The molecule has 3 N–H and O–H groups in total. The summed E-state index contributed by atoms with van der Waals surface area (Å²) in [6.45, 7) is 0. The van der Waals surface area contributed by atoms with Gasteiger partial charge in [0.15, 0.2) is 6.04 Å². The number of amides is 1. The molecule has 1 amide bonds. The van der Waals surface area contributed by atoms with Crippen LogP contribution in [-0.4, -0.2) is 28.3 Å². The molecule has 1 atom stereocenters. The van der Waals surface area contributed by atoms with Crippen molar-refractivity contribution in [2.75, 3.05) is 0 Å². The predicted molar refractivity (Wildman–Crippen MR) is 52.7 cm³/mol. The van der Waals surface area contributed by atoms with E-state index in [4.69, 9.17) is 10.2 Å². The first-order valence-corrected chi connectivity index (χ1v) is 4.61. The molecule has 0 aromatic heterocycles. The van der Waals surface area contributed by atoms with E-state index in [-0.39, 0.29) is 11.3 Å². The fourth-order valence-corrected chi connectivity index (χ4v) is 1.20. The molecule has 0 spiro atoms. The van der Waals surface area contributed by atoms with E-state index < -0.39 is 24.1 Å². The van der Waals surface area contributed by atoms with Gasteiger partial charge in [-0.15, -0.1) is 0 Å². The first kappa shape index (κ1) is 13.8. The number of aromatic hydroxyl groups is 1. The lowest BCUT2D eigenvalue weighted by Crippen LogP contribution is -2.41. The van der Waals surface area contributed by atoms with Crippen LogP contribution in [0.15, 0.2) is 24.3 Å². The molecule has 0 aliphatic heterocycles. The second-order valence-electron chi connectivity index (χ2n) is 3.34.